The van der Waals surface area contributed by atoms with Gasteiger partial charge in [-0.15, -0.1) is 0 Å². The third-order valence-corrected chi connectivity index (χ3v) is 3.95. The van der Waals surface area contributed by atoms with Crippen molar-refractivity contribution >= 4 is 21.8 Å². The molecule has 0 saturated carbocycles. The second-order valence-electron chi connectivity index (χ2n) is 5.51. The van der Waals surface area contributed by atoms with Gasteiger partial charge in [0.2, 0.25) is 0 Å². The van der Waals surface area contributed by atoms with E-state index in [0.717, 1.165) is 16.6 Å². The molecule has 0 aliphatic rings. The van der Waals surface area contributed by atoms with E-state index < -0.39 is 0 Å². The highest BCUT2D eigenvalue weighted by Gasteiger charge is 2.18. The molecule has 1 heterocycles. The molecule has 1 aromatic heterocycles. The Kier molecular flexibility index (Phi) is 5.23. The van der Waals surface area contributed by atoms with Gasteiger partial charge >= 0.3 is 0 Å². The minimum Gasteiger partial charge on any atom is -0.340 e. The van der Waals surface area contributed by atoms with Crippen LogP contribution in [0.2, 0.25) is 0 Å². The first kappa shape index (κ1) is 15.8. The Morgan fingerprint density at radius 3 is 2.57 bits per heavy atom. The largest absolute Gasteiger partial charge is 0.340 e. The zero-order valence-corrected chi connectivity index (χ0v) is 14.3. The molecule has 0 aliphatic heterocycles. The number of carbonyl (C=O) groups is 1. The minimum atomic E-state index is 0.0605. The monoisotopic (exact) mass is 348 g/mol. The molecule has 0 saturated heterocycles. The van der Waals surface area contributed by atoms with Crippen molar-refractivity contribution in [2.75, 3.05) is 13.6 Å². The predicted octanol–water partition coefficient (Wildman–Crippen LogP) is 4.15. The van der Waals surface area contributed by atoms with E-state index in [1.54, 1.807) is 4.90 Å². The second kappa shape index (κ2) is 6.94. The lowest BCUT2D eigenvalue weighted by atomic mass is 10.1. The molecule has 0 radical (unpaired) electrons. The predicted molar refractivity (Wildman–Crippen MR) is 89.6 cm³/mol. The van der Waals surface area contributed by atoms with Crippen molar-refractivity contribution in [2.24, 2.45) is 0 Å². The minimum absolute atomic E-state index is 0.0605. The molecular weight excluding hydrogens is 328 g/mol. The van der Waals surface area contributed by atoms with Gasteiger partial charge in [-0.05, 0) is 47.8 Å². The summed E-state index contributed by atoms with van der Waals surface area (Å²) in [4.78, 5) is 14.4. The Bertz CT molecular complexity index is 605. The third-order valence-electron chi connectivity index (χ3n) is 3.52. The Labute approximate surface area is 134 Å². The van der Waals surface area contributed by atoms with Crippen molar-refractivity contribution in [3.05, 3.63) is 58.3 Å². The number of rotatable bonds is 5. The lowest BCUT2D eigenvalue weighted by Gasteiger charge is -2.19. The summed E-state index contributed by atoms with van der Waals surface area (Å²) < 4.78 is 2.95. The number of benzene rings is 1. The molecule has 0 fully saturated rings. The molecule has 0 bridgehead atoms. The summed E-state index contributed by atoms with van der Waals surface area (Å²) in [6, 6.07) is 12.4. The quantitative estimate of drug-likeness (QED) is 0.796. The van der Waals surface area contributed by atoms with Crippen LogP contribution in [-0.2, 0) is 6.42 Å². The molecule has 3 nitrogen and oxygen atoms in total. The van der Waals surface area contributed by atoms with E-state index in [2.05, 4.69) is 41.9 Å². The van der Waals surface area contributed by atoms with E-state index >= 15 is 0 Å². The van der Waals surface area contributed by atoms with Crippen LogP contribution >= 0.6 is 15.9 Å². The van der Waals surface area contributed by atoms with Crippen LogP contribution in [0, 0.1) is 0 Å². The van der Waals surface area contributed by atoms with Gasteiger partial charge in [0, 0.05) is 30.3 Å². The number of halogens is 1. The van der Waals surface area contributed by atoms with E-state index in [9.17, 15) is 4.79 Å². The SMILES string of the molecule is CC(C)n1cc(Br)cc1C(=O)N(C)CCc1ccccc1. The van der Waals surface area contributed by atoms with Gasteiger partial charge < -0.3 is 9.47 Å². The van der Waals surface area contributed by atoms with Crippen LogP contribution in [0.1, 0.15) is 35.9 Å². The number of nitrogens with zero attached hydrogens (tertiary/aromatic N) is 2. The molecule has 2 aromatic rings. The summed E-state index contributed by atoms with van der Waals surface area (Å²) >= 11 is 3.45. The van der Waals surface area contributed by atoms with Crippen molar-refractivity contribution < 1.29 is 4.79 Å². The maximum atomic E-state index is 12.6. The third kappa shape index (κ3) is 3.97. The van der Waals surface area contributed by atoms with Crippen molar-refractivity contribution in [2.45, 2.75) is 26.3 Å². The summed E-state index contributed by atoms with van der Waals surface area (Å²) in [6.07, 6.45) is 2.83. The molecule has 0 atom stereocenters. The van der Waals surface area contributed by atoms with Crippen LogP contribution in [0.4, 0.5) is 0 Å². The molecule has 4 heteroatoms. The molecule has 2 rings (SSSR count). The molecule has 112 valence electrons. The first-order chi connectivity index (χ1) is 9.99. The van der Waals surface area contributed by atoms with Gasteiger partial charge in [-0.3, -0.25) is 4.79 Å². The molecule has 0 N–H and O–H groups in total. The van der Waals surface area contributed by atoms with Crippen LogP contribution < -0.4 is 0 Å². The van der Waals surface area contributed by atoms with Gasteiger partial charge in [-0.25, -0.2) is 0 Å². The molecule has 1 aromatic carbocycles. The number of hydrogen-bond donors (Lipinski definition) is 0. The molecule has 21 heavy (non-hydrogen) atoms. The van der Waals surface area contributed by atoms with Gasteiger partial charge in [0.05, 0.1) is 0 Å². The van der Waals surface area contributed by atoms with E-state index in [4.69, 9.17) is 0 Å². The maximum Gasteiger partial charge on any atom is 0.270 e. The standard InChI is InChI=1S/C17H21BrN2O/c1-13(2)20-12-15(18)11-16(20)17(21)19(3)10-9-14-7-5-4-6-8-14/h4-8,11-13H,9-10H2,1-3H3. The average molecular weight is 349 g/mol. The van der Waals surface area contributed by atoms with E-state index in [1.807, 2.05) is 42.1 Å². The Balaban J connectivity index is 2.06. The first-order valence-electron chi connectivity index (χ1n) is 7.16. The molecule has 0 unspecified atom stereocenters. The number of carbonyl (C=O) groups excluding carboxylic acids is 1. The summed E-state index contributed by atoms with van der Waals surface area (Å²) in [6.45, 7) is 4.87. The van der Waals surface area contributed by atoms with Gasteiger partial charge in [0.25, 0.3) is 5.91 Å². The smallest absolute Gasteiger partial charge is 0.270 e. The van der Waals surface area contributed by atoms with E-state index in [0.29, 0.717) is 6.54 Å². The first-order valence-corrected chi connectivity index (χ1v) is 7.95. The molecule has 0 aliphatic carbocycles. The second-order valence-corrected chi connectivity index (χ2v) is 6.42. The fourth-order valence-corrected chi connectivity index (χ4v) is 2.72. The van der Waals surface area contributed by atoms with Crippen molar-refractivity contribution in [1.29, 1.82) is 0 Å². The van der Waals surface area contributed by atoms with Crippen LogP contribution in [0.3, 0.4) is 0 Å². The summed E-state index contributed by atoms with van der Waals surface area (Å²) in [5, 5.41) is 0. The fourth-order valence-electron chi connectivity index (χ4n) is 2.28. The van der Waals surface area contributed by atoms with Crippen LogP contribution in [0.25, 0.3) is 0 Å². The average Bonchev–Trinajstić information content (AvgIpc) is 2.87. The number of hydrogen-bond acceptors (Lipinski definition) is 1. The lowest BCUT2D eigenvalue weighted by Crippen LogP contribution is -2.30. The zero-order valence-electron chi connectivity index (χ0n) is 12.7. The normalized spacial score (nSPS) is 10.9. The summed E-state index contributed by atoms with van der Waals surface area (Å²) in [5.41, 5.74) is 1.98. The summed E-state index contributed by atoms with van der Waals surface area (Å²) in [7, 11) is 1.86. The van der Waals surface area contributed by atoms with Crippen molar-refractivity contribution in [3.8, 4) is 0 Å². The Morgan fingerprint density at radius 2 is 1.95 bits per heavy atom. The van der Waals surface area contributed by atoms with Gasteiger partial charge in [-0.2, -0.15) is 0 Å². The molecule has 1 amide bonds. The molecule has 0 spiro atoms. The van der Waals surface area contributed by atoms with Crippen LogP contribution in [0.5, 0.6) is 0 Å². The highest BCUT2D eigenvalue weighted by Crippen LogP contribution is 2.20. The van der Waals surface area contributed by atoms with Gasteiger partial charge in [-0.1, -0.05) is 30.3 Å². The van der Waals surface area contributed by atoms with Crippen LogP contribution in [-0.4, -0.2) is 29.0 Å². The summed E-state index contributed by atoms with van der Waals surface area (Å²) in [5.74, 6) is 0.0605. The number of amides is 1. The fraction of sp³-hybridized carbons (Fsp3) is 0.353. The Hall–Kier alpha value is -1.55. The van der Waals surface area contributed by atoms with Crippen molar-refractivity contribution in [3.63, 3.8) is 0 Å². The van der Waals surface area contributed by atoms with E-state index in [-0.39, 0.29) is 11.9 Å². The van der Waals surface area contributed by atoms with Crippen molar-refractivity contribution in [1.82, 2.24) is 9.47 Å². The van der Waals surface area contributed by atoms with Crippen LogP contribution in [0.15, 0.2) is 47.1 Å². The highest BCUT2D eigenvalue weighted by molar-refractivity contribution is 9.10. The lowest BCUT2D eigenvalue weighted by molar-refractivity contribution is 0.0784. The maximum absolute atomic E-state index is 12.6. The van der Waals surface area contributed by atoms with Gasteiger partial charge in [0.1, 0.15) is 5.69 Å². The topological polar surface area (TPSA) is 25.2 Å². The number of aromatic nitrogens is 1. The zero-order chi connectivity index (χ0) is 15.4. The van der Waals surface area contributed by atoms with Gasteiger partial charge in [0.15, 0.2) is 0 Å². The Morgan fingerprint density at radius 1 is 1.29 bits per heavy atom. The highest BCUT2D eigenvalue weighted by atomic mass is 79.9. The molecular formula is C17H21BrN2O. The van der Waals surface area contributed by atoms with E-state index in [1.165, 1.54) is 5.56 Å². The number of likely N-dealkylation sites (N-methyl/N-ethyl adjacent to an activating group) is 1.